The molecule has 1 saturated carbocycles. The highest BCUT2D eigenvalue weighted by atomic mass is 16.4. The highest BCUT2D eigenvalue weighted by molar-refractivity contribution is 5.79. The number of hydrogen-bond acceptors (Lipinski definition) is 4. The average Bonchev–Trinajstić information content (AvgIpc) is 2.33. The summed E-state index contributed by atoms with van der Waals surface area (Å²) in [6.45, 7) is 4.42. The zero-order valence-corrected chi connectivity index (χ0v) is 12.3. The lowest BCUT2D eigenvalue weighted by molar-refractivity contribution is -0.146. The van der Waals surface area contributed by atoms with Crippen molar-refractivity contribution in [2.45, 2.75) is 38.6 Å². The highest BCUT2D eigenvalue weighted by Gasteiger charge is 2.35. The summed E-state index contributed by atoms with van der Waals surface area (Å²) in [7, 11) is 0. The maximum absolute atomic E-state index is 11.8. The molecule has 2 rings (SSSR count). The Bertz CT molecular complexity index is 368. The van der Waals surface area contributed by atoms with Crippen molar-refractivity contribution in [2.24, 2.45) is 11.8 Å². The van der Waals surface area contributed by atoms with Crippen LogP contribution >= 0.6 is 0 Å². The van der Waals surface area contributed by atoms with Gasteiger partial charge in [0.1, 0.15) is 0 Å². The Morgan fingerprint density at radius 3 is 2.52 bits per heavy atom. The summed E-state index contributed by atoms with van der Waals surface area (Å²) >= 11 is 0. The molecule has 0 bridgehead atoms. The van der Waals surface area contributed by atoms with Gasteiger partial charge in [-0.15, -0.1) is 0 Å². The van der Waals surface area contributed by atoms with Crippen molar-refractivity contribution < 1.29 is 24.6 Å². The Morgan fingerprint density at radius 2 is 2.00 bits per heavy atom. The van der Waals surface area contributed by atoms with Gasteiger partial charge in [-0.2, -0.15) is 0 Å². The van der Waals surface area contributed by atoms with E-state index in [9.17, 15) is 9.59 Å². The Labute approximate surface area is 124 Å². The Balaban J connectivity index is 0.000000677. The molecule has 0 aromatic rings. The van der Waals surface area contributed by atoms with Gasteiger partial charge in [-0.25, -0.2) is 0 Å². The highest BCUT2D eigenvalue weighted by Crippen LogP contribution is 2.27. The van der Waals surface area contributed by atoms with Gasteiger partial charge in [-0.3, -0.25) is 19.3 Å². The summed E-state index contributed by atoms with van der Waals surface area (Å²) in [5, 5.41) is 18.6. The van der Waals surface area contributed by atoms with Gasteiger partial charge in [0.15, 0.2) is 0 Å². The molecule has 1 saturated heterocycles. The minimum absolute atomic E-state index is 0.0398. The molecule has 7 heteroatoms. The standard InChI is InChI=1S/C13H22N2O3.CH2O2/c1-9-3-2-4-15(7-9)8-12(16)14-11-5-10(6-11)13(17)18;2-1-3/h9-11H,2-8H2,1H3,(H,14,16)(H,17,18);1H,(H,2,3). The third-order valence-electron chi connectivity index (χ3n) is 3.96. The van der Waals surface area contributed by atoms with E-state index in [-0.39, 0.29) is 24.3 Å². The van der Waals surface area contributed by atoms with Crippen LogP contribution in [-0.4, -0.2) is 59.1 Å². The second-order valence-electron chi connectivity index (χ2n) is 5.86. The van der Waals surface area contributed by atoms with Crippen LogP contribution in [0.4, 0.5) is 0 Å². The van der Waals surface area contributed by atoms with Crippen molar-refractivity contribution in [3.63, 3.8) is 0 Å². The van der Waals surface area contributed by atoms with Crippen LogP contribution in [0.25, 0.3) is 0 Å². The molecule has 0 spiro atoms. The molecule has 1 aliphatic heterocycles. The summed E-state index contributed by atoms with van der Waals surface area (Å²) in [6, 6.07) is 0.0702. The summed E-state index contributed by atoms with van der Waals surface area (Å²) < 4.78 is 0. The van der Waals surface area contributed by atoms with Crippen molar-refractivity contribution in [3.8, 4) is 0 Å². The van der Waals surface area contributed by atoms with Gasteiger partial charge < -0.3 is 15.5 Å². The van der Waals surface area contributed by atoms with Gasteiger partial charge in [0, 0.05) is 12.6 Å². The lowest BCUT2D eigenvalue weighted by atomic mass is 9.80. The normalized spacial score (nSPS) is 28.5. The molecule has 7 nitrogen and oxygen atoms in total. The van der Waals surface area contributed by atoms with Crippen molar-refractivity contribution in [3.05, 3.63) is 0 Å². The summed E-state index contributed by atoms with van der Waals surface area (Å²) in [6.07, 6.45) is 3.58. The number of nitrogens with zero attached hydrogens (tertiary/aromatic N) is 1. The van der Waals surface area contributed by atoms with Gasteiger partial charge in [0.2, 0.25) is 5.91 Å². The Morgan fingerprint density at radius 1 is 1.38 bits per heavy atom. The molecule has 21 heavy (non-hydrogen) atoms. The zero-order valence-electron chi connectivity index (χ0n) is 12.3. The lowest BCUT2D eigenvalue weighted by Gasteiger charge is -2.34. The fourth-order valence-electron chi connectivity index (χ4n) is 2.84. The van der Waals surface area contributed by atoms with Crippen LogP contribution in [0.2, 0.25) is 0 Å². The van der Waals surface area contributed by atoms with Crippen molar-refractivity contribution in [1.29, 1.82) is 0 Å². The van der Waals surface area contributed by atoms with E-state index in [0.717, 1.165) is 13.1 Å². The van der Waals surface area contributed by atoms with Crippen LogP contribution in [0.3, 0.4) is 0 Å². The molecule has 2 fully saturated rings. The number of rotatable bonds is 4. The number of nitrogens with one attached hydrogen (secondary N) is 1. The van der Waals surface area contributed by atoms with Gasteiger partial charge >= 0.3 is 5.97 Å². The number of carboxylic acids is 1. The van der Waals surface area contributed by atoms with Gasteiger partial charge in [0.25, 0.3) is 6.47 Å². The lowest BCUT2D eigenvalue weighted by Crippen LogP contribution is -2.50. The molecular formula is C14H24N2O5. The van der Waals surface area contributed by atoms with E-state index in [1.807, 2.05) is 0 Å². The number of piperidine rings is 1. The Hall–Kier alpha value is -1.63. The first kappa shape index (κ1) is 17.4. The monoisotopic (exact) mass is 300 g/mol. The smallest absolute Gasteiger partial charge is 0.306 e. The number of aliphatic carboxylic acids is 1. The van der Waals surface area contributed by atoms with E-state index in [2.05, 4.69) is 17.1 Å². The van der Waals surface area contributed by atoms with Crippen molar-refractivity contribution >= 4 is 18.3 Å². The summed E-state index contributed by atoms with van der Waals surface area (Å²) in [5.74, 6) is -0.291. The van der Waals surface area contributed by atoms with Gasteiger partial charge in [-0.1, -0.05) is 6.92 Å². The molecule has 0 aromatic heterocycles. The molecular weight excluding hydrogens is 276 g/mol. The van der Waals surface area contributed by atoms with E-state index < -0.39 is 5.97 Å². The van der Waals surface area contributed by atoms with Crippen LogP contribution in [-0.2, 0) is 14.4 Å². The maximum atomic E-state index is 11.8. The van der Waals surface area contributed by atoms with Crippen molar-refractivity contribution in [2.75, 3.05) is 19.6 Å². The minimum atomic E-state index is -0.745. The number of hydrogen-bond donors (Lipinski definition) is 3. The number of carboxylic acid groups (broad SMARTS) is 2. The van der Waals surface area contributed by atoms with Crippen LogP contribution in [0.15, 0.2) is 0 Å². The molecule has 1 aliphatic carbocycles. The van der Waals surface area contributed by atoms with Crippen LogP contribution < -0.4 is 5.32 Å². The molecule has 0 radical (unpaired) electrons. The largest absolute Gasteiger partial charge is 0.483 e. The molecule has 1 amide bonds. The first-order valence-electron chi connectivity index (χ1n) is 7.28. The predicted molar refractivity (Wildman–Crippen MR) is 75.8 cm³/mol. The van der Waals surface area contributed by atoms with Gasteiger partial charge in [-0.05, 0) is 38.1 Å². The third-order valence-corrected chi connectivity index (χ3v) is 3.96. The summed E-state index contributed by atoms with van der Waals surface area (Å²) in [4.78, 5) is 33.0. The number of likely N-dealkylation sites (tertiary alicyclic amines) is 1. The molecule has 120 valence electrons. The summed E-state index contributed by atoms with van der Waals surface area (Å²) in [5.41, 5.74) is 0. The first-order chi connectivity index (χ1) is 9.96. The van der Waals surface area contributed by atoms with E-state index >= 15 is 0 Å². The molecule has 3 N–H and O–H groups in total. The zero-order chi connectivity index (χ0) is 15.8. The second kappa shape index (κ2) is 8.61. The molecule has 0 aromatic carbocycles. The molecule has 1 unspecified atom stereocenters. The predicted octanol–water partition coefficient (Wildman–Crippen LogP) is 0.399. The first-order valence-corrected chi connectivity index (χ1v) is 7.28. The quantitative estimate of drug-likeness (QED) is 0.649. The molecule has 1 heterocycles. The number of carbonyl (C=O) groups excluding carboxylic acids is 1. The minimum Gasteiger partial charge on any atom is -0.483 e. The second-order valence-corrected chi connectivity index (χ2v) is 5.86. The molecule has 2 aliphatic rings. The fraction of sp³-hybridized carbons (Fsp3) is 0.786. The number of carbonyl (C=O) groups is 3. The van der Waals surface area contributed by atoms with E-state index in [1.165, 1.54) is 12.8 Å². The molecule has 1 atom stereocenters. The third kappa shape index (κ3) is 6.12. The topological polar surface area (TPSA) is 107 Å². The van der Waals surface area contributed by atoms with Gasteiger partial charge in [0.05, 0.1) is 12.5 Å². The van der Waals surface area contributed by atoms with Crippen LogP contribution in [0, 0.1) is 11.8 Å². The Kier molecular flexibility index (Phi) is 7.14. The average molecular weight is 300 g/mol. The van der Waals surface area contributed by atoms with Crippen LogP contribution in [0.1, 0.15) is 32.6 Å². The van der Waals surface area contributed by atoms with E-state index in [0.29, 0.717) is 25.3 Å². The fourth-order valence-corrected chi connectivity index (χ4v) is 2.84. The maximum Gasteiger partial charge on any atom is 0.306 e. The van der Waals surface area contributed by atoms with E-state index in [1.54, 1.807) is 0 Å². The SMILES string of the molecule is CC1CCCN(CC(=O)NC2CC(C(=O)O)C2)C1.O=CO. The van der Waals surface area contributed by atoms with Crippen molar-refractivity contribution in [1.82, 2.24) is 10.2 Å². The van der Waals surface area contributed by atoms with E-state index in [4.69, 9.17) is 15.0 Å². The van der Waals surface area contributed by atoms with Crippen LogP contribution in [0.5, 0.6) is 0 Å². The number of amides is 1.